The minimum atomic E-state index is 0.546. The second-order valence-corrected chi connectivity index (χ2v) is 4.49. The maximum absolute atomic E-state index is 5.57. The van der Waals surface area contributed by atoms with Crippen LogP contribution in [0.5, 0.6) is 11.8 Å². The van der Waals surface area contributed by atoms with Crippen molar-refractivity contribution in [2.75, 3.05) is 19.8 Å². The number of benzene rings is 1. The second kappa shape index (κ2) is 8.92. The molecule has 112 valence electrons. The number of hydrogen-bond donors (Lipinski definition) is 1. The van der Waals surface area contributed by atoms with Crippen LogP contribution in [0.1, 0.15) is 18.9 Å². The van der Waals surface area contributed by atoms with Crippen LogP contribution in [0.4, 0.5) is 0 Å². The minimum absolute atomic E-state index is 0.546. The van der Waals surface area contributed by atoms with Crippen LogP contribution < -0.4 is 14.8 Å². The fourth-order valence-electron chi connectivity index (χ4n) is 1.83. The number of hydrogen-bond acceptors (Lipinski definition) is 5. The van der Waals surface area contributed by atoms with E-state index >= 15 is 0 Å². The summed E-state index contributed by atoms with van der Waals surface area (Å²) in [5.41, 5.74) is 1.29. The summed E-state index contributed by atoms with van der Waals surface area (Å²) in [6.07, 6.45) is 2.37. The van der Waals surface area contributed by atoms with Gasteiger partial charge in [0.1, 0.15) is 6.33 Å². The molecule has 0 saturated heterocycles. The van der Waals surface area contributed by atoms with Crippen LogP contribution in [0.15, 0.2) is 42.7 Å². The molecule has 1 N–H and O–H groups in total. The summed E-state index contributed by atoms with van der Waals surface area (Å²) in [4.78, 5) is 8.05. The van der Waals surface area contributed by atoms with E-state index in [1.807, 2.05) is 25.1 Å². The lowest BCUT2D eigenvalue weighted by Crippen LogP contribution is -2.17. The van der Waals surface area contributed by atoms with E-state index in [2.05, 4.69) is 27.4 Å². The van der Waals surface area contributed by atoms with Crippen molar-refractivity contribution in [3.05, 3.63) is 48.3 Å². The predicted octanol–water partition coefficient (Wildman–Crippen LogP) is 2.43. The van der Waals surface area contributed by atoms with Gasteiger partial charge in [-0.25, -0.2) is 9.97 Å². The third-order valence-corrected chi connectivity index (χ3v) is 2.83. The first-order valence-corrected chi connectivity index (χ1v) is 7.21. The normalized spacial score (nSPS) is 10.3. The first-order valence-electron chi connectivity index (χ1n) is 7.21. The number of nitrogens with zero attached hydrogens (tertiary/aromatic N) is 2. The highest BCUT2D eigenvalue weighted by Gasteiger charge is 2.00. The lowest BCUT2D eigenvalue weighted by Gasteiger charge is -2.07. The Labute approximate surface area is 125 Å². The molecule has 0 saturated carbocycles. The van der Waals surface area contributed by atoms with Gasteiger partial charge in [-0.2, -0.15) is 0 Å². The van der Waals surface area contributed by atoms with Gasteiger partial charge < -0.3 is 14.8 Å². The molecule has 0 bridgehead atoms. The average Bonchev–Trinajstić information content (AvgIpc) is 2.52. The molecule has 0 radical (unpaired) electrons. The zero-order chi connectivity index (χ0) is 14.8. The molecule has 1 heterocycles. The van der Waals surface area contributed by atoms with Crippen LogP contribution in [0.2, 0.25) is 0 Å². The maximum atomic E-state index is 5.57. The molecule has 2 aromatic rings. The third kappa shape index (κ3) is 5.79. The Morgan fingerprint density at radius 1 is 1.05 bits per heavy atom. The number of nitrogens with one attached hydrogen (secondary N) is 1. The van der Waals surface area contributed by atoms with Crippen LogP contribution in [0, 0.1) is 0 Å². The SMILES string of the molecule is CCOc1cc(OCCCNCc2ccccc2)ncn1. The van der Waals surface area contributed by atoms with Crippen molar-refractivity contribution in [1.29, 1.82) is 0 Å². The summed E-state index contributed by atoms with van der Waals surface area (Å²) in [6.45, 7) is 4.90. The Morgan fingerprint density at radius 2 is 1.81 bits per heavy atom. The van der Waals surface area contributed by atoms with E-state index in [0.717, 1.165) is 19.5 Å². The van der Waals surface area contributed by atoms with Gasteiger partial charge in [-0.15, -0.1) is 0 Å². The van der Waals surface area contributed by atoms with Crippen LogP contribution in [0.25, 0.3) is 0 Å². The average molecular weight is 287 g/mol. The molecule has 0 aliphatic carbocycles. The lowest BCUT2D eigenvalue weighted by atomic mass is 10.2. The second-order valence-electron chi connectivity index (χ2n) is 4.49. The molecule has 0 aliphatic rings. The number of rotatable bonds is 9. The first kappa shape index (κ1) is 15.3. The maximum Gasteiger partial charge on any atom is 0.220 e. The third-order valence-electron chi connectivity index (χ3n) is 2.83. The van der Waals surface area contributed by atoms with Crippen molar-refractivity contribution < 1.29 is 9.47 Å². The molecule has 0 amide bonds. The van der Waals surface area contributed by atoms with Crippen LogP contribution in [-0.2, 0) is 6.54 Å². The highest BCUT2D eigenvalue weighted by atomic mass is 16.5. The van der Waals surface area contributed by atoms with Gasteiger partial charge in [-0.1, -0.05) is 30.3 Å². The summed E-state index contributed by atoms with van der Waals surface area (Å²) in [5.74, 6) is 1.10. The number of aromatic nitrogens is 2. The summed E-state index contributed by atoms with van der Waals surface area (Å²) < 4.78 is 10.9. The van der Waals surface area contributed by atoms with E-state index in [4.69, 9.17) is 9.47 Å². The molecule has 1 aromatic carbocycles. The Kier molecular flexibility index (Phi) is 6.48. The van der Waals surface area contributed by atoms with Crippen LogP contribution >= 0.6 is 0 Å². The van der Waals surface area contributed by atoms with Crippen molar-refractivity contribution in [1.82, 2.24) is 15.3 Å². The van der Waals surface area contributed by atoms with E-state index in [1.54, 1.807) is 6.07 Å². The van der Waals surface area contributed by atoms with Crippen molar-refractivity contribution in [3.8, 4) is 11.8 Å². The quantitative estimate of drug-likeness (QED) is 0.718. The largest absolute Gasteiger partial charge is 0.478 e. The van der Waals surface area contributed by atoms with Crippen molar-refractivity contribution in [2.24, 2.45) is 0 Å². The van der Waals surface area contributed by atoms with Crippen LogP contribution in [-0.4, -0.2) is 29.7 Å². The van der Waals surface area contributed by atoms with Gasteiger partial charge in [0.2, 0.25) is 11.8 Å². The highest BCUT2D eigenvalue weighted by molar-refractivity contribution is 5.18. The Morgan fingerprint density at radius 3 is 2.57 bits per heavy atom. The molecule has 0 fully saturated rings. The molecule has 5 heteroatoms. The van der Waals surface area contributed by atoms with Crippen LogP contribution in [0.3, 0.4) is 0 Å². The van der Waals surface area contributed by atoms with E-state index in [0.29, 0.717) is 25.0 Å². The monoisotopic (exact) mass is 287 g/mol. The zero-order valence-electron chi connectivity index (χ0n) is 12.3. The fraction of sp³-hybridized carbons (Fsp3) is 0.375. The lowest BCUT2D eigenvalue weighted by molar-refractivity contribution is 0.286. The standard InChI is InChI=1S/C16H21N3O2/c1-2-20-15-11-16(19-13-18-15)21-10-6-9-17-12-14-7-4-3-5-8-14/h3-5,7-8,11,13,17H,2,6,9-10,12H2,1H3. The number of ether oxygens (including phenoxy) is 2. The zero-order valence-corrected chi connectivity index (χ0v) is 12.3. The van der Waals surface area contributed by atoms with E-state index in [9.17, 15) is 0 Å². The summed E-state index contributed by atoms with van der Waals surface area (Å²) in [6, 6.07) is 12.0. The molecular weight excluding hydrogens is 266 g/mol. The van der Waals surface area contributed by atoms with Crippen molar-refractivity contribution >= 4 is 0 Å². The molecule has 5 nitrogen and oxygen atoms in total. The molecule has 1 aromatic heterocycles. The molecule has 0 unspecified atom stereocenters. The molecule has 21 heavy (non-hydrogen) atoms. The Bertz CT molecular complexity index is 520. The van der Waals surface area contributed by atoms with Gasteiger partial charge >= 0.3 is 0 Å². The van der Waals surface area contributed by atoms with Gasteiger partial charge in [-0.05, 0) is 25.5 Å². The Balaban J connectivity index is 1.60. The molecule has 2 rings (SSSR count). The predicted molar refractivity (Wildman–Crippen MR) is 81.5 cm³/mol. The van der Waals surface area contributed by atoms with E-state index in [1.165, 1.54) is 11.9 Å². The Hall–Kier alpha value is -2.14. The molecule has 0 atom stereocenters. The molecule has 0 spiro atoms. The van der Waals surface area contributed by atoms with Gasteiger partial charge in [-0.3, -0.25) is 0 Å². The van der Waals surface area contributed by atoms with Gasteiger partial charge in [0.15, 0.2) is 0 Å². The van der Waals surface area contributed by atoms with Crippen molar-refractivity contribution in [2.45, 2.75) is 19.9 Å². The van der Waals surface area contributed by atoms with Crippen molar-refractivity contribution in [3.63, 3.8) is 0 Å². The minimum Gasteiger partial charge on any atom is -0.478 e. The van der Waals surface area contributed by atoms with E-state index < -0.39 is 0 Å². The summed E-state index contributed by atoms with van der Waals surface area (Å²) >= 11 is 0. The summed E-state index contributed by atoms with van der Waals surface area (Å²) in [7, 11) is 0. The van der Waals surface area contributed by atoms with Gasteiger partial charge in [0.25, 0.3) is 0 Å². The van der Waals surface area contributed by atoms with Gasteiger partial charge in [0.05, 0.1) is 19.3 Å². The van der Waals surface area contributed by atoms with E-state index in [-0.39, 0.29) is 0 Å². The van der Waals surface area contributed by atoms with Gasteiger partial charge in [0, 0.05) is 6.54 Å². The first-order chi connectivity index (χ1) is 10.4. The highest BCUT2D eigenvalue weighted by Crippen LogP contribution is 2.12. The summed E-state index contributed by atoms with van der Waals surface area (Å²) in [5, 5.41) is 3.38. The fourth-order valence-corrected chi connectivity index (χ4v) is 1.83. The molecular formula is C16H21N3O2. The molecule has 0 aliphatic heterocycles. The smallest absolute Gasteiger partial charge is 0.220 e. The topological polar surface area (TPSA) is 56.3 Å².